The highest BCUT2D eigenvalue weighted by Crippen LogP contribution is 2.07. The number of thiol groups is 1. The Labute approximate surface area is 262 Å². The predicted molar refractivity (Wildman–Crippen MR) is 163 cm³/mol. The maximum atomic E-state index is 12.9. The van der Waals surface area contributed by atoms with Crippen LogP contribution in [0.25, 0.3) is 0 Å². The molecule has 0 aliphatic carbocycles. The van der Waals surface area contributed by atoms with Gasteiger partial charge in [-0.2, -0.15) is 12.6 Å². The third kappa shape index (κ3) is 13.5. The second kappa shape index (κ2) is 20.0. The summed E-state index contributed by atoms with van der Waals surface area (Å²) in [6, 6.07) is -0.844. The van der Waals surface area contributed by atoms with E-state index < -0.39 is 35.6 Å². The van der Waals surface area contributed by atoms with E-state index in [4.69, 9.17) is 0 Å². The van der Waals surface area contributed by atoms with Crippen molar-refractivity contribution >= 4 is 59.9 Å². The van der Waals surface area contributed by atoms with E-state index in [0.717, 1.165) is 59.8 Å². The molecule has 0 radical (unpaired) electrons. The predicted octanol–water partition coefficient (Wildman–Crippen LogP) is -0.499. The Hall–Kier alpha value is -4.01. The van der Waals surface area contributed by atoms with Crippen LogP contribution in [0.5, 0.6) is 0 Å². The lowest BCUT2D eigenvalue weighted by Crippen LogP contribution is -2.47. The molecular formula is C29H42N6O8S. The summed E-state index contributed by atoms with van der Waals surface area (Å²) in [5.74, 6) is -2.56. The molecule has 0 aromatic carbocycles. The summed E-state index contributed by atoms with van der Waals surface area (Å²) in [6.45, 7) is 1.20. The number of unbranched alkanes of at least 4 members (excludes halogenated alkanes) is 4. The van der Waals surface area contributed by atoms with Crippen molar-refractivity contribution < 1.29 is 38.4 Å². The zero-order valence-electron chi connectivity index (χ0n) is 24.8. The molecule has 1 atom stereocenters. The molecule has 0 saturated carbocycles. The largest absolute Gasteiger partial charge is 0.356 e. The second-order valence-electron chi connectivity index (χ2n) is 10.3. The number of rotatable bonds is 22. The van der Waals surface area contributed by atoms with E-state index >= 15 is 0 Å². The standard InChI is InChI=1S/C29H42N6O8S/c36-22(12-18-34-25(39)8-9-26(34)40)30-16-6-3-7-21(33-24(38)13-19-35-27(41)10-11-28(35)42)29(43)32-17-5-2-1-4-15-31-23(37)14-20-44/h8-11,21,44H,1-7,12-20H2,(H,30,36)(H,31,37)(H,32,43)(H,33,38)/t21-/m0/s1. The Balaban J connectivity index is 1.72. The number of nitrogens with one attached hydrogen (secondary N) is 4. The molecule has 0 aromatic heterocycles. The lowest BCUT2D eigenvalue weighted by atomic mass is 10.1. The molecule has 0 spiro atoms. The van der Waals surface area contributed by atoms with Gasteiger partial charge in [0.25, 0.3) is 23.6 Å². The molecule has 2 rings (SSSR count). The van der Waals surface area contributed by atoms with Crippen LogP contribution in [0.3, 0.4) is 0 Å². The van der Waals surface area contributed by atoms with Crippen molar-refractivity contribution in [2.24, 2.45) is 0 Å². The fourth-order valence-electron chi connectivity index (χ4n) is 4.41. The minimum atomic E-state index is -0.844. The van der Waals surface area contributed by atoms with E-state index in [1.165, 1.54) is 0 Å². The first kappa shape index (κ1) is 36.2. The molecule has 242 valence electrons. The number of nitrogens with zero attached hydrogens (tertiary/aromatic N) is 2. The van der Waals surface area contributed by atoms with Crippen LogP contribution in [0, 0.1) is 0 Å². The van der Waals surface area contributed by atoms with Crippen LogP contribution in [0.4, 0.5) is 0 Å². The van der Waals surface area contributed by atoms with Crippen LogP contribution in [0.1, 0.15) is 64.2 Å². The molecule has 44 heavy (non-hydrogen) atoms. The lowest BCUT2D eigenvalue weighted by molar-refractivity contribution is -0.139. The van der Waals surface area contributed by atoms with Crippen molar-refractivity contribution in [2.75, 3.05) is 38.5 Å². The van der Waals surface area contributed by atoms with E-state index in [0.29, 0.717) is 51.1 Å². The number of amides is 8. The normalized spacial score (nSPS) is 14.8. The van der Waals surface area contributed by atoms with Crippen LogP contribution >= 0.6 is 12.6 Å². The molecule has 14 nitrogen and oxygen atoms in total. The molecule has 8 amide bonds. The van der Waals surface area contributed by atoms with E-state index in [-0.39, 0.29) is 43.7 Å². The summed E-state index contributed by atoms with van der Waals surface area (Å²) in [6.07, 6.45) is 9.38. The molecule has 0 saturated heterocycles. The van der Waals surface area contributed by atoms with Gasteiger partial charge in [0.05, 0.1) is 0 Å². The smallest absolute Gasteiger partial charge is 0.253 e. The van der Waals surface area contributed by atoms with Gasteiger partial charge >= 0.3 is 0 Å². The van der Waals surface area contributed by atoms with Crippen molar-refractivity contribution in [1.82, 2.24) is 31.1 Å². The van der Waals surface area contributed by atoms with Gasteiger partial charge in [0, 0.05) is 76.3 Å². The highest BCUT2D eigenvalue weighted by atomic mass is 32.1. The van der Waals surface area contributed by atoms with Gasteiger partial charge < -0.3 is 21.3 Å². The third-order valence-electron chi connectivity index (χ3n) is 6.88. The summed E-state index contributed by atoms with van der Waals surface area (Å²) in [7, 11) is 0. The Morgan fingerprint density at radius 2 is 1.02 bits per heavy atom. The van der Waals surface area contributed by atoms with Crippen molar-refractivity contribution in [1.29, 1.82) is 0 Å². The summed E-state index contributed by atoms with van der Waals surface area (Å²) in [4.78, 5) is 97.6. The molecule has 15 heteroatoms. The average Bonchev–Trinajstić information content (AvgIpc) is 3.49. The number of carbonyl (C=O) groups is 8. The van der Waals surface area contributed by atoms with Gasteiger partial charge in [-0.05, 0) is 37.9 Å². The molecule has 0 aromatic rings. The number of carbonyl (C=O) groups excluding carboxylic acids is 8. The molecule has 0 fully saturated rings. The minimum absolute atomic E-state index is 0.0115. The Morgan fingerprint density at radius 1 is 0.591 bits per heavy atom. The molecule has 0 bridgehead atoms. The van der Waals surface area contributed by atoms with E-state index in [2.05, 4.69) is 33.9 Å². The van der Waals surface area contributed by atoms with Crippen LogP contribution in [0.2, 0.25) is 0 Å². The first-order chi connectivity index (χ1) is 21.1. The van der Waals surface area contributed by atoms with Gasteiger partial charge in [-0.25, -0.2) is 0 Å². The molecule has 2 aliphatic rings. The Morgan fingerprint density at radius 3 is 1.52 bits per heavy atom. The second-order valence-corrected chi connectivity index (χ2v) is 10.8. The summed E-state index contributed by atoms with van der Waals surface area (Å²) < 4.78 is 0. The van der Waals surface area contributed by atoms with Crippen LogP contribution in [-0.4, -0.2) is 102 Å². The van der Waals surface area contributed by atoms with Gasteiger partial charge in [0.2, 0.25) is 23.6 Å². The fraction of sp³-hybridized carbons (Fsp3) is 0.586. The van der Waals surface area contributed by atoms with E-state index in [1.54, 1.807) is 0 Å². The molecular weight excluding hydrogens is 592 g/mol. The monoisotopic (exact) mass is 634 g/mol. The van der Waals surface area contributed by atoms with E-state index in [1.807, 2.05) is 0 Å². The zero-order chi connectivity index (χ0) is 32.3. The highest BCUT2D eigenvalue weighted by Gasteiger charge is 2.26. The van der Waals surface area contributed by atoms with Crippen molar-refractivity contribution in [3.05, 3.63) is 24.3 Å². The number of hydrogen-bond donors (Lipinski definition) is 5. The topological polar surface area (TPSA) is 191 Å². The molecule has 2 heterocycles. The minimum Gasteiger partial charge on any atom is -0.356 e. The van der Waals surface area contributed by atoms with Crippen LogP contribution < -0.4 is 21.3 Å². The summed E-state index contributed by atoms with van der Waals surface area (Å²) >= 11 is 4.02. The first-order valence-corrected chi connectivity index (χ1v) is 15.5. The molecule has 0 unspecified atom stereocenters. The molecule has 4 N–H and O–H groups in total. The Kier molecular flexibility index (Phi) is 16.5. The van der Waals surface area contributed by atoms with Gasteiger partial charge in [-0.3, -0.25) is 48.2 Å². The third-order valence-corrected chi connectivity index (χ3v) is 7.11. The van der Waals surface area contributed by atoms with Gasteiger partial charge in [-0.15, -0.1) is 0 Å². The average molecular weight is 635 g/mol. The number of hydrogen-bond acceptors (Lipinski definition) is 9. The Bertz CT molecular complexity index is 1100. The number of imide groups is 2. The molecule has 2 aliphatic heterocycles. The fourth-order valence-corrected chi connectivity index (χ4v) is 4.61. The van der Waals surface area contributed by atoms with Crippen LogP contribution in [-0.2, 0) is 38.4 Å². The van der Waals surface area contributed by atoms with Gasteiger partial charge in [-0.1, -0.05) is 12.8 Å². The summed E-state index contributed by atoms with van der Waals surface area (Å²) in [5, 5.41) is 11.1. The maximum absolute atomic E-state index is 12.9. The van der Waals surface area contributed by atoms with Gasteiger partial charge in [0.1, 0.15) is 6.04 Å². The van der Waals surface area contributed by atoms with Crippen molar-refractivity contribution in [2.45, 2.75) is 70.3 Å². The van der Waals surface area contributed by atoms with Crippen molar-refractivity contribution in [3.63, 3.8) is 0 Å². The maximum Gasteiger partial charge on any atom is 0.253 e. The lowest BCUT2D eigenvalue weighted by Gasteiger charge is -2.20. The first-order valence-electron chi connectivity index (χ1n) is 14.9. The SMILES string of the molecule is O=C(CCS)NCCCCCCNC(=O)[C@H](CCCCNC(=O)CCN1C(=O)C=CC1=O)NC(=O)CCN1C(=O)C=CC1=O. The van der Waals surface area contributed by atoms with Gasteiger partial charge in [0.15, 0.2) is 0 Å². The summed E-state index contributed by atoms with van der Waals surface area (Å²) in [5.41, 5.74) is 0. The quantitative estimate of drug-likeness (QED) is 0.0598. The van der Waals surface area contributed by atoms with Crippen molar-refractivity contribution in [3.8, 4) is 0 Å². The zero-order valence-corrected chi connectivity index (χ0v) is 25.7. The van der Waals surface area contributed by atoms with Crippen LogP contribution in [0.15, 0.2) is 24.3 Å². The van der Waals surface area contributed by atoms with E-state index in [9.17, 15) is 38.4 Å². The highest BCUT2D eigenvalue weighted by molar-refractivity contribution is 7.80.